The quantitative estimate of drug-likeness (QED) is 0.469. The molecular formula is C20H23BrClN3O2S. The number of carbonyl (C=O) groups excluding carboxylic acids is 1. The van der Waals surface area contributed by atoms with Crippen LogP contribution in [0.2, 0.25) is 0 Å². The normalized spacial score (nSPS) is 10.8. The number of benzene rings is 2. The molecule has 0 aliphatic heterocycles. The number of nitrogens with zero attached hydrogens (tertiary/aromatic N) is 3. The molecule has 1 amide bonds. The highest BCUT2D eigenvalue weighted by atomic mass is 79.9. The van der Waals surface area contributed by atoms with Crippen LogP contribution in [0.1, 0.15) is 16.8 Å². The number of ether oxygens (including phenoxy) is 1. The van der Waals surface area contributed by atoms with Gasteiger partial charge in [0, 0.05) is 16.6 Å². The van der Waals surface area contributed by atoms with E-state index in [1.165, 1.54) is 11.3 Å². The van der Waals surface area contributed by atoms with E-state index < -0.39 is 0 Å². The smallest absolute Gasteiger partial charge is 0.260 e. The summed E-state index contributed by atoms with van der Waals surface area (Å²) in [5.41, 5.74) is 1.43. The summed E-state index contributed by atoms with van der Waals surface area (Å²) in [6.07, 6.45) is 0.861. The molecule has 5 nitrogen and oxygen atoms in total. The molecule has 0 N–H and O–H groups in total. The number of halogens is 2. The third kappa shape index (κ3) is 5.23. The minimum atomic E-state index is -0.0481. The number of hydrogen-bond donors (Lipinski definition) is 0. The molecule has 0 saturated carbocycles. The Morgan fingerprint density at radius 2 is 1.93 bits per heavy atom. The van der Waals surface area contributed by atoms with Gasteiger partial charge in [-0.15, -0.1) is 12.4 Å². The molecule has 3 rings (SSSR count). The number of hydrogen-bond acceptors (Lipinski definition) is 5. The minimum Gasteiger partial charge on any atom is -0.494 e. The first kappa shape index (κ1) is 22.6. The second-order valence-electron chi connectivity index (χ2n) is 6.43. The molecule has 0 fully saturated rings. The van der Waals surface area contributed by atoms with Gasteiger partial charge in [0.15, 0.2) is 5.13 Å². The van der Waals surface area contributed by atoms with Gasteiger partial charge >= 0.3 is 0 Å². The van der Waals surface area contributed by atoms with Crippen molar-refractivity contribution >= 4 is 60.9 Å². The molecule has 28 heavy (non-hydrogen) atoms. The van der Waals surface area contributed by atoms with Crippen molar-refractivity contribution in [2.75, 3.05) is 39.2 Å². The van der Waals surface area contributed by atoms with E-state index >= 15 is 0 Å². The van der Waals surface area contributed by atoms with Crippen LogP contribution in [0.15, 0.2) is 46.9 Å². The predicted molar refractivity (Wildman–Crippen MR) is 122 cm³/mol. The van der Waals surface area contributed by atoms with Crippen LogP contribution in [0.3, 0.4) is 0 Å². The Balaban J connectivity index is 0.00000280. The fourth-order valence-electron chi connectivity index (χ4n) is 2.80. The number of thiazole rings is 1. The Morgan fingerprint density at radius 3 is 2.61 bits per heavy atom. The van der Waals surface area contributed by atoms with Crippen molar-refractivity contribution < 1.29 is 9.53 Å². The van der Waals surface area contributed by atoms with E-state index in [0.717, 1.165) is 33.4 Å². The molecule has 0 spiro atoms. The van der Waals surface area contributed by atoms with Crippen LogP contribution in [-0.2, 0) is 0 Å². The summed E-state index contributed by atoms with van der Waals surface area (Å²) >= 11 is 4.96. The lowest BCUT2D eigenvalue weighted by Gasteiger charge is -2.21. The first-order chi connectivity index (χ1) is 13.0. The Labute approximate surface area is 183 Å². The van der Waals surface area contributed by atoms with Crippen molar-refractivity contribution in [2.24, 2.45) is 0 Å². The van der Waals surface area contributed by atoms with E-state index in [1.54, 1.807) is 12.0 Å². The summed E-state index contributed by atoms with van der Waals surface area (Å²) in [5.74, 6) is 0.672. The van der Waals surface area contributed by atoms with E-state index in [0.29, 0.717) is 17.2 Å². The fourth-order valence-corrected chi connectivity index (χ4v) is 4.20. The maximum Gasteiger partial charge on any atom is 0.260 e. The number of fused-ring (bicyclic) bond motifs is 1. The molecule has 0 saturated heterocycles. The molecule has 0 unspecified atom stereocenters. The lowest BCUT2D eigenvalue weighted by molar-refractivity contribution is 0.0986. The highest BCUT2D eigenvalue weighted by Crippen LogP contribution is 2.34. The van der Waals surface area contributed by atoms with Crippen LogP contribution < -0.4 is 9.64 Å². The van der Waals surface area contributed by atoms with Crippen molar-refractivity contribution in [3.63, 3.8) is 0 Å². The zero-order valence-corrected chi connectivity index (χ0v) is 19.2. The molecule has 0 bridgehead atoms. The molecule has 1 heterocycles. The molecule has 0 radical (unpaired) electrons. The summed E-state index contributed by atoms with van der Waals surface area (Å²) < 4.78 is 7.31. The van der Waals surface area contributed by atoms with E-state index in [4.69, 9.17) is 9.72 Å². The van der Waals surface area contributed by atoms with Crippen molar-refractivity contribution in [1.82, 2.24) is 9.88 Å². The summed E-state index contributed by atoms with van der Waals surface area (Å²) in [7, 11) is 5.70. The van der Waals surface area contributed by atoms with Crippen molar-refractivity contribution in [3.05, 3.63) is 52.5 Å². The van der Waals surface area contributed by atoms with Crippen molar-refractivity contribution in [3.8, 4) is 5.75 Å². The number of aromatic nitrogens is 1. The zero-order chi connectivity index (χ0) is 19.4. The second kappa shape index (κ2) is 10.2. The average Bonchev–Trinajstić information content (AvgIpc) is 3.08. The topological polar surface area (TPSA) is 45.7 Å². The van der Waals surface area contributed by atoms with E-state index in [2.05, 4.69) is 20.8 Å². The monoisotopic (exact) mass is 483 g/mol. The Bertz CT molecular complexity index is 948. The van der Waals surface area contributed by atoms with Gasteiger partial charge in [0.2, 0.25) is 0 Å². The summed E-state index contributed by atoms with van der Waals surface area (Å²) in [6, 6.07) is 13.3. The summed E-state index contributed by atoms with van der Waals surface area (Å²) in [4.78, 5) is 21.8. The molecule has 0 aliphatic carbocycles. The number of amides is 1. The van der Waals surface area contributed by atoms with Gasteiger partial charge < -0.3 is 9.64 Å². The number of carbonyl (C=O) groups is 1. The molecule has 8 heteroatoms. The molecule has 2 aromatic carbocycles. The molecule has 1 aromatic heterocycles. The number of rotatable bonds is 7. The van der Waals surface area contributed by atoms with E-state index in [1.807, 2.05) is 56.6 Å². The first-order valence-electron chi connectivity index (χ1n) is 8.65. The molecular weight excluding hydrogens is 462 g/mol. The Hall–Kier alpha value is -1.67. The van der Waals surface area contributed by atoms with Crippen LogP contribution in [0, 0.1) is 0 Å². The van der Waals surface area contributed by atoms with Gasteiger partial charge in [-0.1, -0.05) is 39.4 Å². The van der Waals surface area contributed by atoms with Crippen molar-refractivity contribution in [2.45, 2.75) is 6.42 Å². The third-order valence-electron chi connectivity index (χ3n) is 4.13. The summed E-state index contributed by atoms with van der Waals surface area (Å²) in [5, 5.41) is 0.693. The van der Waals surface area contributed by atoms with Gasteiger partial charge in [-0.05, 0) is 57.4 Å². The summed E-state index contributed by atoms with van der Waals surface area (Å²) in [6.45, 7) is 1.50. The number of anilines is 1. The lowest BCUT2D eigenvalue weighted by atomic mass is 10.2. The highest BCUT2D eigenvalue weighted by Gasteiger charge is 2.22. The van der Waals surface area contributed by atoms with Gasteiger partial charge in [-0.25, -0.2) is 4.98 Å². The number of para-hydroxylation sites is 1. The van der Waals surface area contributed by atoms with E-state index in [9.17, 15) is 4.79 Å². The van der Waals surface area contributed by atoms with Gasteiger partial charge in [0.05, 0.1) is 11.8 Å². The molecule has 150 valence electrons. The largest absolute Gasteiger partial charge is 0.494 e. The maximum atomic E-state index is 13.2. The zero-order valence-electron chi connectivity index (χ0n) is 16.0. The standard InChI is InChI=1S/C20H22BrN3O2S.ClH/c1-23(2)11-6-12-24(19(25)14-7-4-8-15(21)13-14)20-22-18-16(26-3)9-5-10-17(18)27-20;/h4-5,7-10,13H,6,11-12H2,1-3H3;1H. The van der Waals surface area contributed by atoms with Gasteiger partial charge in [0.1, 0.15) is 11.3 Å². The van der Waals surface area contributed by atoms with Crippen LogP contribution >= 0.6 is 39.7 Å². The number of methoxy groups -OCH3 is 1. The highest BCUT2D eigenvalue weighted by molar-refractivity contribution is 9.10. The van der Waals surface area contributed by atoms with Gasteiger partial charge in [-0.3, -0.25) is 9.69 Å². The average molecular weight is 485 g/mol. The third-order valence-corrected chi connectivity index (χ3v) is 5.66. The first-order valence-corrected chi connectivity index (χ1v) is 10.3. The maximum absolute atomic E-state index is 13.2. The predicted octanol–water partition coefficient (Wildman–Crippen LogP) is 5.09. The molecule has 0 atom stereocenters. The van der Waals surface area contributed by atoms with Crippen molar-refractivity contribution in [1.29, 1.82) is 0 Å². The van der Waals surface area contributed by atoms with Gasteiger partial charge in [-0.2, -0.15) is 0 Å². The minimum absolute atomic E-state index is 0. The van der Waals surface area contributed by atoms with E-state index in [-0.39, 0.29) is 18.3 Å². The van der Waals surface area contributed by atoms with Crippen LogP contribution in [-0.4, -0.2) is 50.1 Å². The lowest BCUT2D eigenvalue weighted by Crippen LogP contribution is -2.33. The van der Waals surface area contributed by atoms with Crippen LogP contribution in [0.5, 0.6) is 5.75 Å². The second-order valence-corrected chi connectivity index (χ2v) is 8.35. The Morgan fingerprint density at radius 1 is 1.18 bits per heavy atom. The molecule has 3 aromatic rings. The SMILES string of the molecule is COc1cccc2sc(N(CCCN(C)C)C(=O)c3cccc(Br)c3)nc12.Cl. The van der Waals surface area contributed by atoms with Crippen LogP contribution in [0.4, 0.5) is 5.13 Å². The Kier molecular flexibility index (Phi) is 8.24. The van der Waals surface area contributed by atoms with Gasteiger partial charge in [0.25, 0.3) is 5.91 Å². The van der Waals surface area contributed by atoms with Crippen LogP contribution in [0.25, 0.3) is 10.2 Å². The molecule has 0 aliphatic rings. The fraction of sp³-hybridized carbons (Fsp3) is 0.300.